The van der Waals surface area contributed by atoms with Gasteiger partial charge in [-0.05, 0) is 12.5 Å². The summed E-state index contributed by atoms with van der Waals surface area (Å²) in [5.74, 6) is 0. The SMILES string of the molecule is [B]c1cccc(C)c1C(F)(F)F. The zero-order valence-electron chi connectivity index (χ0n) is 6.44. The highest BCUT2D eigenvalue weighted by atomic mass is 19.4. The molecule has 1 rings (SSSR count). The molecule has 1 aromatic rings. The molecule has 0 aromatic heterocycles. The molecule has 2 radical (unpaired) electrons. The second kappa shape index (κ2) is 2.85. The molecule has 0 unspecified atom stereocenters. The van der Waals surface area contributed by atoms with Gasteiger partial charge in [-0.15, -0.1) is 0 Å². The molecule has 0 spiro atoms. The third-order valence-electron chi connectivity index (χ3n) is 1.59. The Morgan fingerprint density at radius 3 is 2.17 bits per heavy atom. The third-order valence-corrected chi connectivity index (χ3v) is 1.59. The minimum Gasteiger partial charge on any atom is -0.166 e. The Morgan fingerprint density at radius 1 is 1.25 bits per heavy atom. The van der Waals surface area contributed by atoms with Crippen molar-refractivity contribution in [2.24, 2.45) is 0 Å². The number of alkyl halides is 3. The van der Waals surface area contributed by atoms with Crippen molar-refractivity contribution in [3.05, 3.63) is 29.3 Å². The van der Waals surface area contributed by atoms with E-state index in [-0.39, 0.29) is 11.0 Å². The van der Waals surface area contributed by atoms with Crippen LogP contribution in [0.15, 0.2) is 18.2 Å². The van der Waals surface area contributed by atoms with Crippen molar-refractivity contribution in [2.75, 3.05) is 0 Å². The van der Waals surface area contributed by atoms with E-state index < -0.39 is 11.7 Å². The molecule has 0 aliphatic carbocycles. The molecule has 62 valence electrons. The fourth-order valence-corrected chi connectivity index (χ4v) is 1.08. The van der Waals surface area contributed by atoms with Crippen LogP contribution < -0.4 is 5.46 Å². The van der Waals surface area contributed by atoms with Crippen molar-refractivity contribution in [3.63, 3.8) is 0 Å². The van der Waals surface area contributed by atoms with Gasteiger partial charge in [0.25, 0.3) is 0 Å². The second-order valence-corrected chi connectivity index (χ2v) is 2.54. The Bertz CT molecular complexity index is 271. The fraction of sp³-hybridized carbons (Fsp3) is 0.250. The van der Waals surface area contributed by atoms with Crippen molar-refractivity contribution < 1.29 is 13.2 Å². The van der Waals surface area contributed by atoms with Crippen molar-refractivity contribution in [3.8, 4) is 0 Å². The van der Waals surface area contributed by atoms with E-state index in [2.05, 4.69) is 0 Å². The number of halogens is 3. The average Bonchev–Trinajstić information content (AvgIpc) is 1.82. The number of rotatable bonds is 0. The lowest BCUT2D eigenvalue weighted by Gasteiger charge is -2.12. The quantitative estimate of drug-likeness (QED) is 0.520. The molecule has 12 heavy (non-hydrogen) atoms. The van der Waals surface area contributed by atoms with Gasteiger partial charge in [0.15, 0.2) is 0 Å². The average molecular weight is 170 g/mol. The summed E-state index contributed by atoms with van der Waals surface area (Å²) in [5.41, 5.74) is -0.796. The second-order valence-electron chi connectivity index (χ2n) is 2.54. The van der Waals surface area contributed by atoms with Crippen molar-refractivity contribution in [2.45, 2.75) is 13.1 Å². The van der Waals surface area contributed by atoms with Crippen LogP contribution in [0.5, 0.6) is 0 Å². The lowest BCUT2D eigenvalue weighted by molar-refractivity contribution is -0.137. The molecule has 0 heterocycles. The van der Waals surface area contributed by atoms with Gasteiger partial charge in [0.1, 0.15) is 7.85 Å². The highest BCUT2D eigenvalue weighted by molar-refractivity contribution is 6.33. The van der Waals surface area contributed by atoms with Gasteiger partial charge in [0, 0.05) is 0 Å². The van der Waals surface area contributed by atoms with Crippen molar-refractivity contribution >= 4 is 13.3 Å². The lowest BCUT2D eigenvalue weighted by atomic mass is 9.88. The normalized spacial score (nSPS) is 11.7. The monoisotopic (exact) mass is 170 g/mol. The maximum absolute atomic E-state index is 12.2. The zero-order chi connectivity index (χ0) is 9.35. The molecule has 0 bridgehead atoms. The predicted molar refractivity (Wildman–Crippen MR) is 41.6 cm³/mol. The number of aryl methyl sites for hydroxylation is 1. The van der Waals surface area contributed by atoms with E-state index in [1.54, 1.807) is 0 Å². The van der Waals surface area contributed by atoms with Crippen LogP contribution in [0.25, 0.3) is 0 Å². The molecular weight excluding hydrogens is 164 g/mol. The van der Waals surface area contributed by atoms with Crippen molar-refractivity contribution in [1.29, 1.82) is 0 Å². The molecule has 0 amide bonds. The zero-order valence-corrected chi connectivity index (χ0v) is 6.44. The Labute approximate surface area is 69.8 Å². The molecule has 0 N–H and O–H groups in total. The smallest absolute Gasteiger partial charge is 0.166 e. The van der Waals surface area contributed by atoms with Crippen LogP contribution in [0.4, 0.5) is 13.2 Å². The van der Waals surface area contributed by atoms with E-state index in [4.69, 9.17) is 7.85 Å². The molecule has 0 nitrogen and oxygen atoms in total. The van der Waals surface area contributed by atoms with Crippen LogP contribution in [-0.4, -0.2) is 7.85 Å². The van der Waals surface area contributed by atoms with Gasteiger partial charge < -0.3 is 0 Å². The lowest BCUT2D eigenvalue weighted by Crippen LogP contribution is -2.21. The van der Waals surface area contributed by atoms with E-state index >= 15 is 0 Å². The standard InChI is InChI=1S/C8H6BF3/c1-5-3-2-4-6(9)7(5)8(10,11)12/h2-4H,1H3. The van der Waals surface area contributed by atoms with Gasteiger partial charge >= 0.3 is 6.18 Å². The van der Waals surface area contributed by atoms with Crippen LogP contribution in [0.1, 0.15) is 11.1 Å². The van der Waals surface area contributed by atoms with Gasteiger partial charge in [-0.25, -0.2) is 0 Å². The highest BCUT2D eigenvalue weighted by Crippen LogP contribution is 2.29. The van der Waals surface area contributed by atoms with E-state index in [0.29, 0.717) is 0 Å². The molecule has 1 aromatic carbocycles. The van der Waals surface area contributed by atoms with E-state index in [9.17, 15) is 13.2 Å². The van der Waals surface area contributed by atoms with Gasteiger partial charge in [-0.1, -0.05) is 23.7 Å². The third kappa shape index (κ3) is 1.63. The molecule has 4 heteroatoms. The first-order valence-corrected chi connectivity index (χ1v) is 3.35. The Morgan fingerprint density at radius 2 is 1.83 bits per heavy atom. The van der Waals surface area contributed by atoms with Gasteiger partial charge in [0.2, 0.25) is 0 Å². The molecule has 0 saturated carbocycles. The van der Waals surface area contributed by atoms with Crippen LogP contribution in [0.3, 0.4) is 0 Å². The molecule has 0 atom stereocenters. The van der Waals surface area contributed by atoms with Crippen molar-refractivity contribution in [1.82, 2.24) is 0 Å². The van der Waals surface area contributed by atoms with E-state index in [0.717, 1.165) is 0 Å². The summed E-state index contributed by atoms with van der Waals surface area (Å²) in [7, 11) is 5.19. The summed E-state index contributed by atoms with van der Waals surface area (Å²) in [6, 6.07) is 4.13. The summed E-state index contributed by atoms with van der Waals surface area (Å²) in [6.07, 6.45) is -4.35. The maximum atomic E-state index is 12.2. The van der Waals surface area contributed by atoms with Gasteiger partial charge in [0.05, 0.1) is 5.56 Å². The van der Waals surface area contributed by atoms with E-state index in [1.807, 2.05) is 0 Å². The summed E-state index contributed by atoms with van der Waals surface area (Å²) < 4.78 is 36.7. The topological polar surface area (TPSA) is 0 Å². The van der Waals surface area contributed by atoms with E-state index in [1.165, 1.54) is 25.1 Å². The molecule has 0 saturated heterocycles. The largest absolute Gasteiger partial charge is 0.416 e. The number of benzene rings is 1. The molecule has 0 fully saturated rings. The van der Waals surface area contributed by atoms with Crippen LogP contribution >= 0.6 is 0 Å². The first kappa shape index (κ1) is 9.17. The maximum Gasteiger partial charge on any atom is 0.416 e. The first-order chi connectivity index (χ1) is 5.43. The summed E-state index contributed by atoms with van der Waals surface area (Å²) >= 11 is 0. The molecule has 0 aliphatic rings. The van der Waals surface area contributed by atoms with Crippen LogP contribution in [0.2, 0.25) is 0 Å². The summed E-state index contributed by atoms with van der Waals surface area (Å²) in [5, 5.41) is 0. The first-order valence-electron chi connectivity index (χ1n) is 3.35. The van der Waals surface area contributed by atoms with Crippen LogP contribution in [-0.2, 0) is 6.18 Å². The predicted octanol–water partition coefficient (Wildman–Crippen LogP) is 1.81. The Balaban J connectivity index is 3.31. The Hall–Kier alpha value is -0.925. The van der Waals surface area contributed by atoms with Crippen LogP contribution in [0, 0.1) is 6.92 Å². The summed E-state index contributed by atoms with van der Waals surface area (Å²) in [4.78, 5) is 0. The summed E-state index contributed by atoms with van der Waals surface area (Å²) in [6.45, 7) is 1.39. The Kier molecular flexibility index (Phi) is 2.17. The minimum atomic E-state index is -4.35. The van der Waals surface area contributed by atoms with Gasteiger partial charge in [-0.2, -0.15) is 13.2 Å². The minimum absolute atomic E-state index is 0.155. The number of hydrogen-bond donors (Lipinski definition) is 0. The highest BCUT2D eigenvalue weighted by Gasteiger charge is 2.33. The molecule has 0 aliphatic heterocycles. The number of hydrogen-bond acceptors (Lipinski definition) is 0. The molecular formula is C8H6BF3. The van der Waals surface area contributed by atoms with Gasteiger partial charge in [-0.3, -0.25) is 0 Å². The fourth-order valence-electron chi connectivity index (χ4n) is 1.08.